The van der Waals surface area contributed by atoms with Crippen LogP contribution in [-0.2, 0) is 6.42 Å². The van der Waals surface area contributed by atoms with Gasteiger partial charge in [0.05, 0.1) is 23.2 Å². The molecule has 2 aromatic carbocycles. The summed E-state index contributed by atoms with van der Waals surface area (Å²) in [6.07, 6.45) is 5.34. The van der Waals surface area contributed by atoms with Crippen molar-refractivity contribution in [2.45, 2.75) is 6.42 Å². The zero-order valence-corrected chi connectivity index (χ0v) is 12.8. The van der Waals surface area contributed by atoms with Gasteiger partial charge in [-0.2, -0.15) is 0 Å². The zero-order valence-electron chi connectivity index (χ0n) is 12.8. The molecule has 0 bridgehead atoms. The number of carbonyl (C=O) groups excluding carboxylic acids is 1. The van der Waals surface area contributed by atoms with Crippen molar-refractivity contribution in [1.29, 1.82) is 0 Å². The molecule has 1 aliphatic heterocycles. The summed E-state index contributed by atoms with van der Waals surface area (Å²) in [5.74, 6) is 0.191. The Morgan fingerprint density at radius 2 is 1.88 bits per heavy atom. The third-order valence-corrected chi connectivity index (χ3v) is 3.88. The molecule has 1 aromatic heterocycles. The minimum atomic E-state index is -0.231. The molecule has 1 N–H and O–H groups in total. The first-order valence-electron chi connectivity index (χ1n) is 7.63. The van der Waals surface area contributed by atoms with E-state index in [0.29, 0.717) is 11.4 Å². The second-order valence-corrected chi connectivity index (χ2v) is 5.46. The Morgan fingerprint density at radius 3 is 2.67 bits per heavy atom. The number of nitrogens with zero attached hydrogens (tertiary/aromatic N) is 3. The number of benzene rings is 2. The maximum Gasteiger partial charge on any atom is 0.259 e. The van der Waals surface area contributed by atoms with Gasteiger partial charge in [-0.1, -0.05) is 42.5 Å². The van der Waals surface area contributed by atoms with Crippen LogP contribution in [0.2, 0.25) is 0 Å². The number of nitrogens with one attached hydrogen (secondary N) is 1. The Balaban J connectivity index is 1.67. The molecule has 116 valence electrons. The second kappa shape index (κ2) is 6.04. The minimum absolute atomic E-state index is 0.231. The van der Waals surface area contributed by atoms with Crippen LogP contribution < -0.4 is 5.32 Å². The summed E-state index contributed by atoms with van der Waals surface area (Å²) in [5, 5.41) is 2.76. The number of hydrogen-bond acceptors (Lipinski definition) is 4. The van der Waals surface area contributed by atoms with E-state index < -0.39 is 0 Å². The number of aliphatic imine (C=N–C) groups is 1. The largest absolute Gasteiger partial charge is 0.305 e. The van der Waals surface area contributed by atoms with Gasteiger partial charge in [0.25, 0.3) is 5.91 Å². The van der Waals surface area contributed by atoms with Crippen LogP contribution in [0.4, 0.5) is 11.5 Å². The number of aromatic nitrogens is 2. The molecule has 5 nitrogen and oxygen atoms in total. The molecule has 0 radical (unpaired) electrons. The number of hydrogen-bond donors (Lipinski definition) is 1. The van der Waals surface area contributed by atoms with Crippen LogP contribution in [0.25, 0.3) is 0 Å². The summed E-state index contributed by atoms with van der Waals surface area (Å²) in [6.45, 7) is 0. The number of carbonyl (C=O) groups is 1. The van der Waals surface area contributed by atoms with E-state index in [1.807, 2.05) is 42.5 Å². The van der Waals surface area contributed by atoms with Crippen LogP contribution in [0.5, 0.6) is 0 Å². The molecule has 4 rings (SSSR count). The number of fused-ring (bicyclic) bond motifs is 1. The molecule has 24 heavy (non-hydrogen) atoms. The monoisotopic (exact) mass is 314 g/mol. The highest BCUT2D eigenvalue weighted by Gasteiger charge is 2.22. The van der Waals surface area contributed by atoms with E-state index in [0.717, 1.165) is 28.9 Å². The highest BCUT2D eigenvalue weighted by molar-refractivity contribution is 6.12. The van der Waals surface area contributed by atoms with Crippen molar-refractivity contribution >= 4 is 23.1 Å². The molecule has 0 spiro atoms. The van der Waals surface area contributed by atoms with Crippen LogP contribution in [0, 0.1) is 0 Å². The first-order valence-corrected chi connectivity index (χ1v) is 7.63. The van der Waals surface area contributed by atoms with Crippen molar-refractivity contribution < 1.29 is 4.79 Å². The fourth-order valence-corrected chi connectivity index (χ4v) is 2.75. The van der Waals surface area contributed by atoms with Crippen molar-refractivity contribution in [3.8, 4) is 0 Å². The van der Waals surface area contributed by atoms with Gasteiger partial charge in [0.1, 0.15) is 0 Å². The third-order valence-electron chi connectivity index (χ3n) is 3.88. The molecule has 2 heterocycles. The van der Waals surface area contributed by atoms with Crippen molar-refractivity contribution in [3.63, 3.8) is 0 Å². The van der Waals surface area contributed by atoms with E-state index in [9.17, 15) is 4.79 Å². The normalized spacial score (nSPS) is 12.4. The summed E-state index contributed by atoms with van der Waals surface area (Å²) in [4.78, 5) is 25.3. The molecule has 0 unspecified atom stereocenters. The predicted octanol–water partition coefficient (Wildman–Crippen LogP) is 3.41. The molecule has 0 atom stereocenters. The van der Waals surface area contributed by atoms with Gasteiger partial charge in [0.2, 0.25) is 0 Å². The summed E-state index contributed by atoms with van der Waals surface area (Å²) < 4.78 is 0. The number of para-hydroxylation sites is 1. The first kappa shape index (κ1) is 14.3. The van der Waals surface area contributed by atoms with Gasteiger partial charge in [0, 0.05) is 18.8 Å². The SMILES string of the molecule is O=C(Nc1cnccn1)c1cccc2c1N=C(c1ccccc1)C2. The summed E-state index contributed by atoms with van der Waals surface area (Å²) in [5.41, 5.74) is 4.39. The average Bonchev–Trinajstić information content (AvgIpc) is 3.07. The minimum Gasteiger partial charge on any atom is -0.305 e. The first-order chi connectivity index (χ1) is 11.8. The van der Waals surface area contributed by atoms with Crippen molar-refractivity contribution in [2.24, 2.45) is 4.99 Å². The van der Waals surface area contributed by atoms with Crippen LogP contribution in [-0.4, -0.2) is 21.6 Å². The number of amides is 1. The zero-order chi connectivity index (χ0) is 16.4. The molecule has 1 amide bonds. The molecule has 0 saturated heterocycles. The summed E-state index contributed by atoms with van der Waals surface area (Å²) in [7, 11) is 0. The maximum absolute atomic E-state index is 12.6. The van der Waals surface area contributed by atoms with Gasteiger partial charge >= 0.3 is 0 Å². The van der Waals surface area contributed by atoms with Crippen LogP contribution in [0.3, 0.4) is 0 Å². The average molecular weight is 314 g/mol. The Kier molecular flexibility index (Phi) is 3.59. The Labute approximate surface area is 139 Å². The molecular formula is C19H14N4O. The van der Waals surface area contributed by atoms with Crippen molar-refractivity contribution in [1.82, 2.24) is 9.97 Å². The molecule has 1 aliphatic rings. The molecule has 0 aliphatic carbocycles. The quantitative estimate of drug-likeness (QED) is 0.805. The van der Waals surface area contributed by atoms with Gasteiger partial charge in [-0.3, -0.25) is 14.8 Å². The van der Waals surface area contributed by atoms with E-state index in [4.69, 9.17) is 4.99 Å². The lowest BCUT2D eigenvalue weighted by Gasteiger charge is -2.06. The smallest absolute Gasteiger partial charge is 0.259 e. The van der Waals surface area contributed by atoms with Gasteiger partial charge in [-0.15, -0.1) is 0 Å². The topological polar surface area (TPSA) is 67.2 Å². The Hall–Kier alpha value is -3.34. The molecule has 3 aromatic rings. The third kappa shape index (κ3) is 2.67. The number of rotatable bonds is 3. The van der Waals surface area contributed by atoms with Crippen molar-refractivity contribution in [2.75, 3.05) is 5.32 Å². The van der Waals surface area contributed by atoms with Gasteiger partial charge in [-0.05, 0) is 17.2 Å². The molecular weight excluding hydrogens is 300 g/mol. The fraction of sp³-hybridized carbons (Fsp3) is 0.0526. The lowest BCUT2D eigenvalue weighted by Crippen LogP contribution is -2.13. The summed E-state index contributed by atoms with van der Waals surface area (Å²) >= 11 is 0. The molecule has 5 heteroatoms. The van der Waals surface area contributed by atoms with Gasteiger partial charge < -0.3 is 5.32 Å². The van der Waals surface area contributed by atoms with E-state index in [1.54, 1.807) is 12.3 Å². The van der Waals surface area contributed by atoms with Crippen LogP contribution in [0.15, 0.2) is 72.1 Å². The fourth-order valence-electron chi connectivity index (χ4n) is 2.75. The van der Waals surface area contributed by atoms with Crippen molar-refractivity contribution in [3.05, 3.63) is 83.8 Å². The lowest BCUT2D eigenvalue weighted by atomic mass is 10.0. The van der Waals surface area contributed by atoms with Crippen LogP contribution in [0.1, 0.15) is 21.5 Å². The van der Waals surface area contributed by atoms with Crippen LogP contribution >= 0.6 is 0 Å². The summed E-state index contributed by atoms with van der Waals surface area (Å²) in [6, 6.07) is 15.7. The Morgan fingerprint density at radius 1 is 1.00 bits per heavy atom. The van der Waals surface area contributed by atoms with E-state index in [-0.39, 0.29) is 5.91 Å². The van der Waals surface area contributed by atoms with Gasteiger partial charge in [-0.25, -0.2) is 4.98 Å². The number of anilines is 1. The van der Waals surface area contributed by atoms with E-state index in [1.165, 1.54) is 12.4 Å². The highest BCUT2D eigenvalue weighted by atomic mass is 16.1. The molecule has 0 fully saturated rings. The maximum atomic E-state index is 12.6. The predicted molar refractivity (Wildman–Crippen MR) is 92.8 cm³/mol. The van der Waals surface area contributed by atoms with E-state index in [2.05, 4.69) is 15.3 Å². The highest BCUT2D eigenvalue weighted by Crippen LogP contribution is 2.32. The second-order valence-electron chi connectivity index (χ2n) is 5.46. The van der Waals surface area contributed by atoms with Gasteiger partial charge in [0.15, 0.2) is 5.82 Å². The van der Waals surface area contributed by atoms with E-state index >= 15 is 0 Å². The Bertz CT molecular complexity index is 921. The molecule has 0 saturated carbocycles. The lowest BCUT2D eigenvalue weighted by molar-refractivity contribution is 0.102. The standard InChI is InChI=1S/C19H14N4O/c24-19(23-17-12-20-9-10-21-17)15-8-4-7-14-11-16(22-18(14)15)13-5-2-1-3-6-13/h1-10,12H,11H2,(H,21,23,24).